The normalized spacial score (nSPS) is 9.53. The molecule has 0 heterocycles. The van der Waals surface area contributed by atoms with Gasteiger partial charge in [0.15, 0.2) is 0 Å². The summed E-state index contributed by atoms with van der Waals surface area (Å²) in [6.45, 7) is 5.32. The van der Waals surface area contributed by atoms with Crippen LogP contribution >= 0.6 is 11.6 Å². The Labute approximate surface area is 104 Å². The van der Waals surface area contributed by atoms with Crippen molar-refractivity contribution in [3.63, 3.8) is 0 Å². The van der Waals surface area contributed by atoms with Crippen LogP contribution in [0.25, 0.3) is 0 Å². The molecule has 0 aliphatic carbocycles. The quantitative estimate of drug-likeness (QED) is 0.661. The van der Waals surface area contributed by atoms with Crippen molar-refractivity contribution < 1.29 is 14.3 Å². The lowest BCUT2D eigenvalue weighted by atomic mass is 10.2. The molecule has 0 radical (unpaired) electrons. The van der Waals surface area contributed by atoms with Crippen LogP contribution < -0.4 is 5.32 Å². The van der Waals surface area contributed by atoms with E-state index in [1.807, 2.05) is 0 Å². The average molecular weight is 254 g/mol. The van der Waals surface area contributed by atoms with Crippen molar-refractivity contribution in [3.05, 3.63) is 47.1 Å². The second kappa shape index (κ2) is 6.06. The summed E-state index contributed by atoms with van der Waals surface area (Å²) in [5, 5.41) is 2.79. The van der Waals surface area contributed by atoms with Crippen LogP contribution in [0.4, 0.5) is 0 Å². The van der Waals surface area contributed by atoms with Gasteiger partial charge in [-0.15, -0.1) is 0 Å². The van der Waals surface area contributed by atoms with Crippen LogP contribution in [0.15, 0.2) is 36.5 Å². The van der Waals surface area contributed by atoms with Crippen molar-refractivity contribution >= 4 is 23.5 Å². The van der Waals surface area contributed by atoms with Gasteiger partial charge < -0.3 is 10.1 Å². The van der Waals surface area contributed by atoms with Gasteiger partial charge in [0.2, 0.25) is 0 Å². The number of hydrogen-bond donors (Lipinski definition) is 1. The van der Waals surface area contributed by atoms with Crippen molar-refractivity contribution in [3.8, 4) is 0 Å². The van der Waals surface area contributed by atoms with Gasteiger partial charge in [-0.3, -0.25) is 4.79 Å². The van der Waals surface area contributed by atoms with Crippen LogP contribution in [0.3, 0.4) is 0 Å². The molecule has 0 saturated carbocycles. The zero-order valence-corrected chi connectivity index (χ0v) is 10.1. The first-order chi connectivity index (χ1) is 8.04. The van der Waals surface area contributed by atoms with Gasteiger partial charge in [0.05, 0.1) is 6.61 Å². The first-order valence-corrected chi connectivity index (χ1v) is 5.35. The number of carbonyl (C=O) groups excluding carboxylic acids is 2. The smallest absolute Gasteiger partial charge is 0.354 e. The highest BCUT2D eigenvalue weighted by Gasteiger charge is 2.12. The molecule has 17 heavy (non-hydrogen) atoms. The molecule has 0 unspecified atom stereocenters. The summed E-state index contributed by atoms with van der Waals surface area (Å²) in [7, 11) is 0. The van der Waals surface area contributed by atoms with E-state index in [2.05, 4.69) is 16.6 Å². The van der Waals surface area contributed by atoms with E-state index in [0.29, 0.717) is 10.6 Å². The molecular weight excluding hydrogens is 242 g/mol. The molecule has 0 atom stereocenters. The minimum Gasteiger partial charge on any atom is -0.461 e. The lowest BCUT2D eigenvalue weighted by Gasteiger charge is -2.07. The first-order valence-electron chi connectivity index (χ1n) is 4.97. The van der Waals surface area contributed by atoms with Crippen LogP contribution in [0, 0.1) is 0 Å². The maximum absolute atomic E-state index is 11.7. The summed E-state index contributed by atoms with van der Waals surface area (Å²) in [6.07, 6.45) is 0. The Morgan fingerprint density at radius 2 is 2.18 bits per heavy atom. The van der Waals surface area contributed by atoms with Crippen molar-refractivity contribution in [2.75, 3.05) is 6.61 Å². The molecule has 0 aliphatic rings. The number of amides is 1. The van der Waals surface area contributed by atoms with Gasteiger partial charge in [-0.2, -0.15) is 0 Å². The Morgan fingerprint density at radius 1 is 1.47 bits per heavy atom. The molecule has 4 nitrogen and oxygen atoms in total. The molecule has 5 heteroatoms. The van der Waals surface area contributed by atoms with E-state index in [0.717, 1.165) is 0 Å². The zero-order chi connectivity index (χ0) is 12.8. The van der Waals surface area contributed by atoms with Gasteiger partial charge in [0.1, 0.15) is 5.70 Å². The van der Waals surface area contributed by atoms with Gasteiger partial charge in [-0.1, -0.05) is 24.2 Å². The molecule has 1 aromatic rings. The molecule has 0 spiro atoms. The Hall–Kier alpha value is -1.81. The summed E-state index contributed by atoms with van der Waals surface area (Å²) in [5.41, 5.74) is 0.250. The molecular formula is C12H12ClNO3. The topological polar surface area (TPSA) is 55.4 Å². The van der Waals surface area contributed by atoms with Crippen molar-refractivity contribution in [2.24, 2.45) is 0 Å². The monoisotopic (exact) mass is 253 g/mol. The third-order valence-electron chi connectivity index (χ3n) is 1.87. The van der Waals surface area contributed by atoms with Crippen LogP contribution in [-0.4, -0.2) is 18.5 Å². The SMILES string of the molecule is C=C(NC(=O)c1cccc(Cl)c1)C(=O)OCC. The van der Waals surface area contributed by atoms with Crippen LogP contribution in [-0.2, 0) is 9.53 Å². The highest BCUT2D eigenvalue weighted by Crippen LogP contribution is 2.10. The molecule has 0 fully saturated rings. The number of ether oxygens (including phenoxy) is 1. The fraction of sp³-hybridized carbons (Fsp3) is 0.167. The number of hydrogen-bond acceptors (Lipinski definition) is 3. The Bertz CT molecular complexity index is 457. The van der Waals surface area contributed by atoms with E-state index in [9.17, 15) is 9.59 Å². The van der Waals surface area contributed by atoms with Crippen LogP contribution in [0.2, 0.25) is 5.02 Å². The molecule has 1 rings (SSSR count). The third-order valence-corrected chi connectivity index (χ3v) is 2.11. The highest BCUT2D eigenvalue weighted by atomic mass is 35.5. The van der Waals surface area contributed by atoms with Crippen LogP contribution in [0.5, 0.6) is 0 Å². The van der Waals surface area contributed by atoms with Gasteiger partial charge in [-0.05, 0) is 25.1 Å². The predicted octanol–water partition coefficient (Wildman–Crippen LogP) is 2.15. The Balaban J connectivity index is 2.67. The minimum atomic E-state index is -0.650. The van der Waals surface area contributed by atoms with Gasteiger partial charge in [0, 0.05) is 10.6 Å². The predicted molar refractivity (Wildman–Crippen MR) is 64.7 cm³/mol. The number of esters is 1. The number of halogens is 1. The summed E-state index contributed by atoms with van der Waals surface area (Å²) < 4.78 is 4.68. The molecule has 0 saturated heterocycles. The molecule has 0 bridgehead atoms. The Morgan fingerprint density at radius 3 is 2.76 bits per heavy atom. The molecule has 1 amide bonds. The number of rotatable bonds is 4. The second-order valence-electron chi connectivity index (χ2n) is 3.16. The summed E-state index contributed by atoms with van der Waals surface area (Å²) in [4.78, 5) is 22.9. The molecule has 1 aromatic carbocycles. The number of benzene rings is 1. The zero-order valence-electron chi connectivity index (χ0n) is 9.33. The third kappa shape index (κ3) is 3.92. The number of nitrogens with one attached hydrogen (secondary N) is 1. The Kier molecular flexibility index (Phi) is 4.72. The van der Waals surface area contributed by atoms with E-state index in [-0.39, 0.29) is 12.3 Å². The van der Waals surface area contributed by atoms with Crippen LogP contribution in [0.1, 0.15) is 17.3 Å². The summed E-state index contributed by atoms with van der Waals surface area (Å²) in [6, 6.07) is 6.37. The molecule has 90 valence electrons. The van der Waals surface area contributed by atoms with Crippen molar-refractivity contribution in [2.45, 2.75) is 6.92 Å². The maximum atomic E-state index is 11.7. The van der Waals surface area contributed by atoms with Gasteiger partial charge in [-0.25, -0.2) is 4.79 Å². The largest absolute Gasteiger partial charge is 0.461 e. The standard InChI is InChI=1S/C12H12ClNO3/c1-3-17-12(16)8(2)14-11(15)9-5-4-6-10(13)7-9/h4-7H,2-3H2,1H3,(H,14,15). The van der Waals surface area contributed by atoms with Crippen molar-refractivity contribution in [1.82, 2.24) is 5.32 Å². The first kappa shape index (κ1) is 13.3. The van der Waals surface area contributed by atoms with E-state index in [1.54, 1.807) is 25.1 Å². The highest BCUT2D eigenvalue weighted by molar-refractivity contribution is 6.31. The molecule has 0 aliphatic heterocycles. The fourth-order valence-electron chi connectivity index (χ4n) is 1.11. The van der Waals surface area contributed by atoms with Gasteiger partial charge in [0.25, 0.3) is 5.91 Å². The fourth-order valence-corrected chi connectivity index (χ4v) is 1.30. The summed E-state index contributed by atoms with van der Waals surface area (Å²) in [5.74, 6) is -1.10. The average Bonchev–Trinajstić information content (AvgIpc) is 2.29. The lowest BCUT2D eigenvalue weighted by Crippen LogP contribution is -2.27. The maximum Gasteiger partial charge on any atom is 0.354 e. The van der Waals surface area contributed by atoms with Crippen molar-refractivity contribution in [1.29, 1.82) is 0 Å². The van der Waals surface area contributed by atoms with E-state index in [1.165, 1.54) is 6.07 Å². The lowest BCUT2D eigenvalue weighted by molar-refractivity contribution is -0.138. The second-order valence-corrected chi connectivity index (χ2v) is 3.60. The van der Waals surface area contributed by atoms with E-state index >= 15 is 0 Å². The van der Waals surface area contributed by atoms with Gasteiger partial charge >= 0.3 is 5.97 Å². The number of carbonyl (C=O) groups is 2. The molecule has 1 N–H and O–H groups in total. The molecule has 0 aromatic heterocycles. The minimum absolute atomic E-state index is 0.100. The van der Waals surface area contributed by atoms with E-state index < -0.39 is 11.9 Å². The summed E-state index contributed by atoms with van der Waals surface area (Å²) >= 11 is 5.74. The van der Waals surface area contributed by atoms with E-state index in [4.69, 9.17) is 11.6 Å².